The molecule has 0 aromatic carbocycles. The Morgan fingerprint density at radius 2 is 2.06 bits per heavy atom. The van der Waals surface area contributed by atoms with Gasteiger partial charge in [0.2, 0.25) is 11.7 Å². The predicted molar refractivity (Wildman–Crippen MR) is 121 cm³/mol. The molecule has 0 unspecified atom stereocenters. The van der Waals surface area contributed by atoms with E-state index >= 15 is 0 Å². The molecule has 4 fully saturated rings. The summed E-state index contributed by atoms with van der Waals surface area (Å²) < 4.78 is 15.4. The molecule has 0 radical (unpaired) electrons. The highest BCUT2D eigenvalue weighted by Crippen LogP contribution is 2.62. The molecule has 2 aliphatic carbocycles. The number of imidazole rings is 1. The molecule has 5 heterocycles. The molecule has 2 saturated carbocycles. The lowest BCUT2D eigenvalue weighted by molar-refractivity contribution is -0.0200. The molecule has 9 heteroatoms. The summed E-state index contributed by atoms with van der Waals surface area (Å²) in [6, 6.07) is 3.62. The number of nitrogens with zero attached hydrogens (tertiary/aromatic N) is 4. The summed E-state index contributed by atoms with van der Waals surface area (Å²) >= 11 is 0. The van der Waals surface area contributed by atoms with Crippen LogP contribution in [0.15, 0.2) is 35.5 Å². The molecule has 1 amide bonds. The normalized spacial score (nSPS) is 25.9. The lowest BCUT2D eigenvalue weighted by Crippen LogP contribution is -2.40. The van der Waals surface area contributed by atoms with Crippen molar-refractivity contribution in [3.05, 3.63) is 52.3 Å². The van der Waals surface area contributed by atoms with E-state index in [4.69, 9.17) is 14.5 Å². The van der Waals surface area contributed by atoms with Gasteiger partial charge in [0.1, 0.15) is 16.9 Å². The van der Waals surface area contributed by atoms with Gasteiger partial charge >= 0.3 is 0 Å². The minimum absolute atomic E-state index is 0.186. The smallest absolute Gasteiger partial charge is 0.274 e. The van der Waals surface area contributed by atoms with Crippen molar-refractivity contribution in [1.82, 2.24) is 18.9 Å². The van der Waals surface area contributed by atoms with Crippen LogP contribution in [-0.4, -0.2) is 37.6 Å². The third-order valence-corrected chi connectivity index (χ3v) is 6.76. The SMILES string of the molecule is CC(C)Oc1nc2nc(C34CC(C)(CO3)C4)cn2cc1C(=O)Nc1cccn(C2CC2)c1=O. The van der Waals surface area contributed by atoms with Crippen molar-refractivity contribution < 1.29 is 14.3 Å². The summed E-state index contributed by atoms with van der Waals surface area (Å²) in [4.78, 5) is 35.3. The van der Waals surface area contributed by atoms with Crippen LogP contribution >= 0.6 is 0 Å². The van der Waals surface area contributed by atoms with Gasteiger partial charge < -0.3 is 19.4 Å². The monoisotopic (exact) mass is 449 g/mol. The average Bonchev–Trinajstić information content (AvgIpc) is 3.28. The van der Waals surface area contributed by atoms with Crippen LogP contribution in [0.2, 0.25) is 0 Å². The van der Waals surface area contributed by atoms with Crippen molar-refractivity contribution >= 4 is 17.4 Å². The van der Waals surface area contributed by atoms with Gasteiger partial charge in [-0.25, -0.2) is 4.98 Å². The summed E-state index contributed by atoms with van der Waals surface area (Å²) in [7, 11) is 0. The predicted octanol–water partition coefficient (Wildman–Crippen LogP) is 3.29. The second kappa shape index (κ2) is 6.90. The zero-order valence-corrected chi connectivity index (χ0v) is 19.0. The maximum Gasteiger partial charge on any atom is 0.274 e. The minimum Gasteiger partial charge on any atom is -0.474 e. The van der Waals surface area contributed by atoms with Crippen molar-refractivity contribution in [2.45, 2.75) is 64.2 Å². The van der Waals surface area contributed by atoms with Crippen molar-refractivity contribution in [3.63, 3.8) is 0 Å². The van der Waals surface area contributed by atoms with E-state index in [-0.39, 0.29) is 45.9 Å². The maximum atomic E-state index is 13.2. The first kappa shape index (κ1) is 20.4. The summed E-state index contributed by atoms with van der Waals surface area (Å²) in [5.74, 6) is 0.188. The summed E-state index contributed by atoms with van der Waals surface area (Å²) in [6.45, 7) is 6.70. The van der Waals surface area contributed by atoms with E-state index in [9.17, 15) is 9.59 Å². The summed E-state index contributed by atoms with van der Waals surface area (Å²) in [6.07, 6.45) is 8.97. The van der Waals surface area contributed by atoms with Gasteiger partial charge in [0.05, 0.1) is 18.4 Å². The molecule has 4 aliphatic rings. The quantitative estimate of drug-likeness (QED) is 0.620. The Bertz CT molecular complexity index is 1330. The summed E-state index contributed by atoms with van der Waals surface area (Å²) in [5.41, 5.74) is 0.969. The first-order chi connectivity index (χ1) is 15.8. The van der Waals surface area contributed by atoms with Crippen LogP contribution < -0.4 is 15.6 Å². The highest BCUT2D eigenvalue weighted by molar-refractivity contribution is 6.05. The second-order valence-corrected chi connectivity index (χ2v) is 10.2. The standard InChI is InChI=1S/C24H27N5O4/c1-14(2)33-20-16(19(30)25-17-5-4-8-29(21(17)31)15-6-7-15)9-28-10-18(26-22(28)27-20)24-11-23(3,12-24)13-32-24/h4-5,8-10,14-15H,6-7,11-13H2,1-3H3,(H,25,30). The molecule has 0 spiro atoms. The molecule has 3 aromatic heterocycles. The van der Waals surface area contributed by atoms with Gasteiger partial charge in [-0.3, -0.25) is 14.0 Å². The highest BCUT2D eigenvalue weighted by atomic mass is 16.5. The first-order valence-electron chi connectivity index (χ1n) is 11.5. The number of fused-ring (bicyclic) bond motifs is 2. The van der Waals surface area contributed by atoms with E-state index in [0.29, 0.717) is 5.78 Å². The van der Waals surface area contributed by atoms with E-state index in [1.54, 1.807) is 33.5 Å². The summed E-state index contributed by atoms with van der Waals surface area (Å²) in [5, 5.41) is 2.76. The fraction of sp³-hybridized carbons (Fsp3) is 0.500. The van der Waals surface area contributed by atoms with E-state index in [2.05, 4.69) is 17.2 Å². The third-order valence-electron chi connectivity index (χ3n) is 6.76. The number of amides is 1. The molecule has 2 bridgehead atoms. The molecule has 33 heavy (non-hydrogen) atoms. The molecular weight excluding hydrogens is 422 g/mol. The lowest BCUT2D eigenvalue weighted by Gasteiger charge is -2.41. The number of carbonyl (C=O) groups excluding carboxylic acids is 1. The number of carbonyl (C=O) groups is 1. The number of hydrogen-bond donors (Lipinski definition) is 1. The molecule has 7 rings (SSSR count). The van der Waals surface area contributed by atoms with Crippen molar-refractivity contribution in [2.24, 2.45) is 5.41 Å². The Morgan fingerprint density at radius 1 is 1.27 bits per heavy atom. The van der Waals surface area contributed by atoms with Gasteiger partial charge in [-0.15, -0.1) is 0 Å². The van der Waals surface area contributed by atoms with Crippen LogP contribution in [0, 0.1) is 5.41 Å². The van der Waals surface area contributed by atoms with Crippen LogP contribution in [0.1, 0.15) is 68.5 Å². The number of nitrogens with one attached hydrogen (secondary N) is 1. The molecule has 172 valence electrons. The molecule has 3 aromatic rings. The largest absolute Gasteiger partial charge is 0.474 e. The third kappa shape index (κ3) is 3.33. The van der Waals surface area contributed by atoms with Gasteiger partial charge in [0.15, 0.2) is 0 Å². The van der Waals surface area contributed by atoms with Crippen molar-refractivity contribution in [3.8, 4) is 5.88 Å². The zero-order valence-electron chi connectivity index (χ0n) is 19.0. The number of rotatable bonds is 6. The van der Waals surface area contributed by atoms with Crippen molar-refractivity contribution in [2.75, 3.05) is 11.9 Å². The molecule has 1 N–H and O–H groups in total. The average molecular weight is 450 g/mol. The second-order valence-electron chi connectivity index (χ2n) is 10.2. The van der Waals surface area contributed by atoms with Gasteiger partial charge in [-0.2, -0.15) is 4.98 Å². The number of pyridine rings is 1. The van der Waals surface area contributed by atoms with Crippen molar-refractivity contribution in [1.29, 1.82) is 0 Å². The number of anilines is 1. The molecule has 0 atom stereocenters. The molecular formula is C24H27N5O4. The Labute approximate surface area is 190 Å². The van der Waals surface area contributed by atoms with Crippen LogP contribution in [0.4, 0.5) is 5.69 Å². The fourth-order valence-electron chi connectivity index (χ4n) is 5.13. The van der Waals surface area contributed by atoms with Gasteiger partial charge in [-0.05, 0) is 57.1 Å². The van der Waals surface area contributed by atoms with E-state index in [1.807, 2.05) is 20.0 Å². The number of hydrogen-bond acceptors (Lipinski definition) is 6. The van der Waals surface area contributed by atoms with Gasteiger partial charge in [0.25, 0.3) is 11.5 Å². The lowest BCUT2D eigenvalue weighted by atomic mass is 9.63. The Kier molecular flexibility index (Phi) is 4.27. The van der Waals surface area contributed by atoms with Gasteiger partial charge in [-0.1, -0.05) is 6.92 Å². The Balaban J connectivity index is 1.36. The van der Waals surface area contributed by atoms with E-state index < -0.39 is 5.91 Å². The molecule has 2 aliphatic heterocycles. The maximum absolute atomic E-state index is 13.2. The molecule has 2 saturated heterocycles. The number of ether oxygens (including phenoxy) is 2. The van der Waals surface area contributed by atoms with Gasteiger partial charge in [0, 0.05) is 24.6 Å². The fourth-order valence-corrected chi connectivity index (χ4v) is 5.13. The first-order valence-corrected chi connectivity index (χ1v) is 11.5. The van der Waals surface area contributed by atoms with Crippen LogP contribution in [0.3, 0.4) is 0 Å². The van der Waals surface area contributed by atoms with Crippen LogP contribution in [-0.2, 0) is 10.3 Å². The van der Waals surface area contributed by atoms with E-state index in [1.165, 1.54) is 0 Å². The van der Waals surface area contributed by atoms with Crippen LogP contribution in [0.5, 0.6) is 5.88 Å². The Morgan fingerprint density at radius 3 is 2.73 bits per heavy atom. The minimum atomic E-state index is -0.451. The topological polar surface area (TPSA) is 99.8 Å². The van der Waals surface area contributed by atoms with Crippen LogP contribution in [0.25, 0.3) is 5.78 Å². The number of aromatic nitrogens is 4. The van der Waals surface area contributed by atoms with E-state index in [0.717, 1.165) is 38.0 Å². The highest BCUT2D eigenvalue weighted by Gasteiger charge is 2.61. The zero-order chi connectivity index (χ0) is 23.0. The Hall–Kier alpha value is -3.20. The molecule has 9 nitrogen and oxygen atoms in total.